The molecule has 2 atom stereocenters. The van der Waals surface area contributed by atoms with E-state index in [1.165, 1.54) is 6.07 Å². The van der Waals surface area contributed by atoms with Crippen LogP contribution in [-0.4, -0.2) is 34.0 Å². The van der Waals surface area contributed by atoms with Crippen molar-refractivity contribution in [1.82, 2.24) is 9.88 Å². The molecule has 0 spiro atoms. The van der Waals surface area contributed by atoms with Crippen LogP contribution in [-0.2, 0) is 17.4 Å². The molecule has 0 aliphatic carbocycles. The molecular weight excluding hydrogens is 357 g/mol. The van der Waals surface area contributed by atoms with Gasteiger partial charge in [-0.1, -0.05) is 18.2 Å². The van der Waals surface area contributed by atoms with Gasteiger partial charge < -0.3 is 5.11 Å². The number of aliphatic carboxylic acids is 1. The van der Waals surface area contributed by atoms with Crippen LogP contribution in [0, 0.1) is 5.92 Å². The van der Waals surface area contributed by atoms with Gasteiger partial charge in [-0.15, -0.1) is 0 Å². The summed E-state index contributed by atoms with van der Waals surface area (Å²) >= 11 is 0. The second-order valence-electron chi connectivity index (χ2n) is 6.84. The molecule has 144 valence electrons. The lowest BCUT2D eigenvalue weighted by Crippen LogP contribution is -2.41. The summed E-state index contributed by atoms with van der Waals surface area (Å²) in [6.45, 7) is 0.973. The van der Waals surface area contributed by atoms with Crippen LogP contribution in [0.3, 0.4) is 0 Å². The number of pyridine rings is 1. The number of likely N-dealkylation sites (tertiary alicyclic amines) is 1. The molecule has 0 bridgehead atoms. The molecule has 2 heterocycles. The number of piperidine rings is 1. The number of hydrogen-bond donors (Lipinski definition) is 1. The van der Waals surface area contributed by atoms with E-state index in [2.05, 4.69) is 4.98 Å². The van der Waals surface area contributed by atoms with Gasteiger partial charge in [0.2, 0.25) is 0 Å². The quantitative estimate of drug-likeness (QED) is 0.848. The molecular formula is C20H21F3N2O2. The van der Waals surface area contributed by atoms with E-state index in [0.29, 0.717) is 37.9 Å². The van der Waals surface area contributed by atoms with Crippen molar-refractivity contribution in [2.75, 3.05) is 13.1 Å². The summed E-state index contributed by atoms with van der Waals surface area (Å²) in [6.07, 6.45) is -1.06. The first kappa shape index (κ1) is 19.4. The minimum atomic E-state index is -4.42. The van der Waals surface area contributed by atoms with Crippen molar-refractivity contribution in [2.24, 2.45) is 5.92 Å². The smallest absolute Gasteiger partial charge is 0.416 e. The molecule has 1 N–H and O–H groups in total. The normalized spacial score (nSPS) is 19.6. The third-order valence-electron chi connectivity index (χ3n) is 4.97. The number of carboxylic acid groups (broad SMARTS) is 1. The Morgan fingerprint density at radius 2 is 2.07 bits per heavy atom. The fourth-order valence-electron chi connectivity index (χ4n) is 3.59. The van der Waals surface area contributed by atoms with E-state index in [1.54, 1.807) is 18.3 Å². The minimum Gasteiger partial charge on any atom is -0.481 e. The molecule has 1 saturated heterocycles. The maximum absolute atomic E-state index is 13.2. The Morgan fingerprint density at radius 1 is 1.26 bits per heavy atom. The molecule has 0 radical (unpaired) electrons. The summed E-state index contributed by atoms with van der Waals surface area (Å²) < 4.78 is 39.5. The molecule has 1 aromatic carbocycles. The van der Waals surface area contributed by atoms with E-state index in [4.69, 9.17) is 0 Å². The number of alkyl halides is 3. The van der Waals surface area contributed by atoms with Gasteiger partial charge in [0.05, 0.1) is 11.5 Å². The lowest BCUT2D eigenvalue weighted by Gasteiger charge is -2.37. The Hall–Kier alpha value is -2.41. The molecule has 2 aromatic rings. The Balaban J connectivity index is 1.94. The predicted octanol–water partition coefficient (Wildman–Crippen LogP) is 4.18. The van der Waals surface area contributed by atoms with Gasteiger partial charge in [0, 0.05) is 30.9 Å². The Morgan fingerprint density at radius 3 is 2.74 bits per heavy atom. The van der Waals surface area contributed by atoms with E-state index in [0.717, 1.165) is 17.8 Å². The standard InChI is InChI=1S/C20H21F3N2O2/c21-20(22,23)16-7-3-5-14(11-16)18(12-17-8-1-2-9-24-17)25-10-4-6-15(13-25)19(26)27/h1-3,5,7-9,11,15,18H,4,6,10,12-13H2,(H,26,27). The summed E-state index contributed by atoms with van der Waals surface area (Å²) in [5.41, 5.74) is 0.594. The van der Waals surface area contributed by atoms with Gasteiger partial charge in [-0.3, -0.25) is 14.7 Å². The molecule has 4 nitrogen and oxygen atoms in total. The zero-order valence-electron chi connectivity index (χ0n) is 14.7. The third kappa shape index (κ3) is 4.86. The molecule has 1 aromatic heterocycles. The Labute approximate surface area is 155 Å². The van der Waals surface area contributed by atoms with Crippen molar-refractivity contribution in [2.45, 2.75) is 31.5 Å². The van der Waals surface area contributed by atoms with Gasteiger partial charge in [0.25, 0.3) is 0 Å². The van der Waals surface area contributed by atoms with Gasteiger partial charge in [0.1, 0.15) is 0 Å². The number of hydrogen-bond acceptors (Lipinski definition) is 3. The van der Waals surface area contributed by atoms with Crippen molar-refractivity contribution >= 4 is 5.97 Å². The van der Waals surface area contributed by atoms with E-state index in [-0.39, 0.29) is 6.04 Å². The highest BCUT2D eigenvalue weighted by Gasteiger charge is 2.34. The highest BCUT2D eigenvalue weighted by atomic mass is 19.4. The van der Waals surface area contributed by atoms with E-state index < -0.39 is 23.6 Å². The van der Waals surface area contributed by atoms with Crippen molar-refractivity contribution in [3.63, 3.8) is 0 Å². The highest BCUT2D eigenvalue weighted by molar-refractivity contribution is 5.70. The number of benzene rings is 1. The average Bonchev–Trinajstić information content (AvgIpc) is 2.66. The zero-order valence-corrected chi connectivity index (χ0v) is 14.7. The number of carbonyl (C=O) groups is 1. The first-order valence-corrected chi connectivity index (χ1v) is 8.88. The van der Waals surface area contributed by atoms with Crippen molar-refractivity contribution in [1.29, 1.82) is 0 Å². The topological polar surface area (TPSA) is 53.4 Å². The van der Waals surface area contributed by atoms with Gasteiger partial charge in [-0.25, -0.2) is 0 Å². The molecule has 27 heavy (non-hydrogen) atoms. The predicted molar refractivity (Wildman–Crippen MR) is 94.1 cm³/mol. The van der Waals surface area contributed by atoms with E-state index >= 15 is 0 Å². The van der Waals surface area contributed by atoms with Gasteiger partial charge >= 0.3 is 12.1 Å². The first-order valence-electron chi connectivity index (χ1n) is 8.88. The summed E-state index contributed by atoms with van der Waals surface area (Å²) in [6, 6.07) is 10.4. The molecule has 1 aliphatic heterocycles. The second-order valence-corrected chi connectivity index (χ2v) is 6.84. The number of halogens is 3. The van der Waals surface area contributed by atoms with Crippen LogP contribution in [0.25, 0.3) is 0 Å². The van der Waals surface area contributed by atoms with Crippen LogP contribution >= 0.6 is 0 Å². The third-order valence-corrected chi connectivity index (χ3v) is 4.97. The zero-order chi connectivity index (χ0) is 19.4. The molecule has 1 aliphatic rings. The molecule has 1 fully saturated rings. The first-order chi connectivity index (χ1) is 12.8. The Kier molecular flexibility index (Phi) is 5.79. The van der Waals surface area contributed by atoms with E-state index in [9.17, 15) is 23.1 Å². The second kappa shape index (κ2) is 8.08. The number of carboxylic acids is 1. The molecule has 0 saturated carbocycles. The summed E-state index contributed by atoms with van der Waals surface area (Å²) in [4.78, 5) is 17.7. The number of aromatic nitrogens is 1. The Bertz CT molecular complexity index is 780. The van der Waals surface area contributed by atoms with E-state index in [1.807, 2.05) is 17.0 Å². The van der Waals surface area contributed by atoms with Crippen LogP contribution in [0.4, 0.5) is 13.2 Å². The van der Waals surface area contributed by atoms with Crippen LogP contribution < -0.4 is 0 Å². The van der Waals surface area contributed by atoms with Gasteiger partial charge in [0.15, 0.2) is 0 Å². The lowest BCUT2D eigenvalue weighted by atomic mass is 9.92. The maximum atomic E-state index is 13.2. The van der Waals surface area contributed by atoms with Gasteiger partial charge in [-0.2, -0.15) is 13.2 Å². The van der Waals surface area contributed by atoms with Crippen molar-refractivity contribution < 1.29 is 23.1 Å². The van der Waals surface area contributed by atoms with Crippen LogP contribution in [0.5, 0.6) is 0 Å². The summed E-state index contributed by atoms with van der Waals surface area (Å²) in [5, 5.41) is 9.36. The fraction of sp³-hybridized carbons (Fsp3) is 0.400. The van der Waals surface area contributed by atoms with Crippen molar-refractivity contribution in [3.05, 3.63) is 65.5 Å². The van der Waals surface area contributed by atoms with Crippen LogP contribution in [0.2, 0.25) is 0 Å². The summed E-state index contributed by atoms with van der Waals surface area (Å²) in [7, 11) is 0. The molecule has 2 unspecified atom stereocenters. The highest BCUT2D eigenvalue weighted by Crippen LogP contribution is 2.34. The fourth-order valence-corrected chi connectivity index (χ4v) is 3.59. The van der Waals surface area contributed by atoms with Crippen LogP contribution in [0.15, 0.2) is 48.7 Å². The average molecular weight is 378 g/mol. The molecule has 3 rings (SSSR count). The number of nitrogens with zero attached hydrogens (tertiary/aromatic N) is 2. The monoisotopic (exact) mass is 378 g/mol. The summed E-state index contributed by atoms with van der Waals surface area (Å²) in [5.74, 6) is -1.36. The molecule has 7 heteroatoms. The largest absolute Gasteiger partial charge is 0.481 e. The maximum Gasteiger partial charge on any atom is 0.416 e. The van der Waals surface area contributed by atoms with Gasteiger partial charge in [-0.05, 0) is 49.2 Å². The SMILES string of the molecule is O=C(O)C1CCCN(C(Cc2ccccn2)c2cccc(C(F)(F)F)c2)C1. The lowest BCUT2D eigenvalue weighted by molar-refractivity contribution is -0.144. The van der Waals surface area contributed by atoms with Crippen LogP contribution in [0.1, 0.15) is 35.7 Å². The minimum absolute atomic E-state index is 0.322. The number of rotatable bonds is 5. The van der Waals surface area contributed by atoms with Crippen molar-refractivity contribution in [3.8, 4) is 0 Å². The molecule has 0 amide bonds.